The molecule has 9 heteroatoms. The molecule has 2 aromatic heterocycles. The van der Waals surface area contributed by atoms with Crippen molar-refractivity contribution in [3.05, 3.63) is 50.8 Å². The highest BCUT2D eigenvalue weighted by Gasteiger charge is 2.19. The summed E-state index contributed by atoms with van der Waals surface area (Å²) >= 11 is 1.23. The van der Waals surface area contributed by atoms with E-state index in [4.69, 9.17) is 0 Å². The molecular formula is C13H11N5O3S. The molecule has 112 valence electrons. The number of nitrogens with zero attached hydrogens (tertiary/aromatic N) is 4. The lowest BCUT2D eigenvalue weighted by atomic mass is 10.2. The molecule has 0 spiro atoms. The van der Waals surface area contributed by atoms with E-state index in [0.717, 1.165) is 5.69 Å². The van der Waals surface area contributed by atoms with Crippen LogP contribution in [0.5, 0.6) is 0 Å². The van der Waals surface area contributed by atoms with Crippen LogP contribution in [0.1, 0.15) is 21.2 Å². The number of nitro groups is 1. The Kier molecular flexibility index (Phi) is 3.33. The summed E-state index contributed by atoms with van der Waals surface area (Å²) < 4.78 is 1.80. The summed E-state index contributed by atoms with van der Waals surface area (Å²) in [6.07, 6.45) is 0. The first-order valence-electron chi connectivity index (χ1n) is 6.34. The highest BCUT2D eigenvalue weighted by atomic mass is 32.1. The van der Waals surface area contributed by atoms with Crippen LogP contribution in [0.15, 0.2) is 24.3 Å². The van der Waals surface area contributed by atoms with E-state index >= 15 is 0 Å². The number of aromatic nitrogens is 3. The van der Waals surface area contributed by atoms with Crippen molar-refractivity contribution in [3.8, 4) is 0 Å². The van der Waals surface area contributed by atoms with Crippen LogP contribution in [-0.4, -0.2) is 25.4 Å². The van der Waals surface area contributed by atoms with E-state index in [1.165, 1.54) is 29.5 Å². The van der Waals surface area contributed by atoms with Gasteiger partial charge >= 0.3 is 0 Å². The van der Waals surface area contributed by atoms with Crippen molar-refractivity contribution < 1.29 is 9.72 Å². The van der Waals surface area contributed by atoms with E-state index in [1.807, 2.05) is 13.8 Å². The Bertz CT molecular complexity index is 898. The number of nitrogens with one attached hydrogen (secondary N) is 1. The van der Waals surface area contributed by atoms with E-state index in [9.17, 15) is 14.9 Å². The van der Waals surface area contributed by atoms with Gasteiger partial charge in [0, 0.05) is 23.5 Å². The normalized spacial score (nSPS) is 10.8. The van der Waals surface area contributed by atoms with Gasteiger partial charge in [-0.1, -0.05) is 17.4 Å². The molecule has 0 saturated carbocycles. The topological polar surface area (TPSA) is 102 Å². The molecule has 0 saturated heterocycles. The molecular weight excluding hydrogens is 306 g/mol. The Labute approximate surface area is 128 Å². The minimum absolute atomic E-state index is 0.0736. The Morgan fingerprint density at radius 2 is 2.14 bits per heavy atom. The second-order valence-corrected chi connectivity index (χ2v) is 5.62. The fourth-order valence-electron chi connectivity index (χ4n) is 2.16. The number of anilines is 1. The monoisotopic (exact) mass is 317 g/mol. The number of carbonyl (C=O) groups excluding carboxylic acids is 1. The largest absolute Gasteiger partial charge is 0.321 e. The Balaban J connectivity index is 1.92. The molecule has 0 radical (unpaired) electrons. The lowest BCUT2D eigenvalue weighted by Crippen LogP contribution is -2.12. The number of thiazole rings is 1. The second kappa shape index (κ2) is 5.19. The molecule has 3 aromatic rings. The SMILES string of the molecule is Cc1nnc2sc(C(=O)Nc3cccc([N+](=O)[O-])c3)c(C)n12. The molecule has 22 heavy (non-hydrogen) atoms. The van der Waals surface area contributed by atoms with E-state index in [1.54, 1.807) is 10.5 Å². The van der Waals surface area contributed by atoms with Gasteiger partial charge in [0.2, 0.25) is 4.96 Å². The van der Waals surface area contributed by atoms with E-state index in [2.05, 4.69) is 15.5 Å². The van der Waals surface area contributed by atoms with Gasteiger partial charge in [-0.15, -0.1) is 10.2 Å². The number of non-ortho nitro benzene ring substituents is 1. The van der Waals surface area contributed by atoms with Crippen LogP contribution < -0.4 is 5.32 Å². The number of aryl methyl sites for hydroxylation is 2. The van der Waals surface area contributed by atoms with Gasteiger partial charge in [-0.25, -0.2) is 0 Å². The molecule has 2 heterocycles. The van der Waals surface area contributed by atoms with Gasteiger partial charge in [-0.3, -0.25) is 19.3 Å². The maximum absolute atomic E-state index is 12.4. The summed E-state index contributed by atoms with van der Waals surface area (Å²) in [4.78, 5) is 23.8. The maximum atomic E-state index is 12.4. The van der Waals surface area contributed by atoms with E-state index < -0.39 is 4.92 Å². The van der Waals surface area contributed by atoms with Crippen LogP contribution in [0.3, 0.4) is 0 Å². The molecule has 0 aliphatic rings. The van der Waals surface area contributed by atoms with Crippen LogP contribution in [-0.2, 0) is 0 Å². The van der Waals surface area contributed by atoms with Crippen LogP contribution in [0.2, 0.25) is 0 Å². The van der Waals surface area contributed by atoms with E-state index in [-0.39, 0.29) is 11.6 Å². The molecule has 3 rings (SSSR count). The summed E-state index contributed by atoms with van der Waals surface area (Å²) in [7, 11) is 0. The molecule has 1 amide bonds. The van der Waals surface area contributed by atoms with Gasteiger partial charge in [0.15, 0.2) is 0 Å². The van der Waals surface area contributed by atoms with Crippen LogP contribution in [0, 0.1) is 24.0 Å². The van der Waals surface area contributed by atoms with Crippen LogP contribution in [0.25, 0.3) is 4.96 Å². The highest BCUT2D eigenvalue weighted by Crippen LogP contribution is 2.24. The van der Waals surface area contributed by atoms with Crippen LogP contribution in [0.4, 0.5) is 11.4 Å². The predicted molar refractivity (Wildman–Crippen MR) is 81.4 cm³/mol. The Morgan fingerprint density at radius 3 is 2.82 bits per heavy atom. The lowest BCUT2D eigenvalue weighted by Gasteiger charge is -2.04. The highest BCUT2D eigenvalue weighted by molar-refractivity contribution is 7.19. The zero-order valence-corrected chi connectivity index (χ0v) is 12.5. The number of hydrogen-bond donors (Lipinski definition) is 1. The van der Waals surface area contributed by atoms with Crippen LogP contribution >= 0.6 is 11.3 Å². The van der Waals surface area contributed by atoms with Gasteiger partial charge in [-0.05, 0) is 19.9 Å². The number of rotatable bonds is 3. The van der Waals surface area contributed by atoms with Crippen molar-refractivity contribution in [1.82, 2.24) is 14.6 Å². The zero-order chi connectivity index (χ0) is 15.9. The molecule has 0 fully saturated rings. The number of benzene rings is 1. The summed E-state index contributed by atoms with van der Waals surface area (Å²) in [5, 5.41) is 21.4. The Hall–Kier alpha value is -2.81. The minimum atomic E-state index is -0.505. The third-order valence-corrected chi connectivity index (χ3v) is 4.31. The zero-order valence-electron chi connectivity index (χ0n) is 11.7. The first kappa shape index (κ1) is 14.1. The molecule has 1 N–H and O–H groups in total. The average Bonchev–Trinajstić information content (AvgIpc) is 3.00. The molecule has 1 aromatic carbocycles. The molecule has 0 atom stereocenters. The van der Waals surface area contributed by atoms with Crippen molar-refractivity contribution in [2.24, 2.45) is 0 Å². The molecule has 0 unspecified atom stereocenters. The molecule has 0 aliphatic heterocycles. The third kappa shape index (κ3) is 2.31. The number of carbonyl (C=O) groups is 1. The Morgan fingerprint density at radius 1 is 1.36 bits per heavy atom. The van der Waals surface area contributed by atoms with Crippen molar-refractivity contribution in [2.75, 3.05) is 5.32 Å². The van der Waals surface area contributed by atoms with Gasteiger partial charge < -0.3 is 5.32 Å². The van der Waals surface area contributed by atoms with Crippen molar-refractivity contribution in [2.45, 2.75) is 13.8 Å². The molecule has 0 bridgehead atoms. The number of nitro benzene ring substituents is 1. The molecule has 8 nitrogen and oxygen atoms in total. The van der Waals surface area contributed by atoms with Crippen molar-refractivity contribution >= 4 is 33.6 Å². The first-order chi connectivity index (χ1) is 10.5. The van der Waals surface area contributed by atoms with Crippen molar-refractivity contribution in [3.63, 3.8) is 0 Å². The minimum Gasteiger partial charge on any atom is -0.321 e. The standard InChI is InChI=1S/C13H11N5O3S/c1-7-11(22-13-16-15-8(2)17(7)13)12(19)14-9-4-3-5-10(6-9)18(20)21/h3-6H,1-2H3,(H,14,19). The predicted octanol–water partition coefficient (Wildman–Crippen LogP) is 2.57. The summed E-state index contributed by atoms with van der Waals surface area (Å²) in [5.74, 6) is 0.381. The number of fused-ring (bicyclic) bond motifs is 1. The number of hydrogen-bond acceptors (Lipinski definition) is 6. The average molecular weight is 317 g/mol. The number of amides is 1. The second-order valence-electron chi connectivity index (χ2n) is 4.64. The van der Waals surface area contributed by atoms with Crippen molar-refractivity contribution in [1.29, 1.82) is 0 Å². The smallest absolute Gasteiger partial charge is 0.271 e. The summed E-state index contributed by atoms with van der Waals surface area (Å²) in [5.41, 5.74) is 1.04. The van der Waals surface area contributed by atoms with Gasteiger partial charge in [-0.2, -0.15) is 0 Å². The fourth-order valence-corrected chi connectivity index (χ4v) is 3.16. The van der Waals surface area contributed by atoms with Gasteiger partial charge in [0.1, 0.15) is 10.7 Å². The fraction of sp³-hybridized carbons (Fsp3) is 0.154. The summed E-state index contributed by atoms with van der Waals surface area (Å²) in [6, 6.07) is 5.82. The third-order valence-electron chi connectivity index (χ3n) is 3.17. The quantitative estimate of drug-likeness (QED) is 0.591. The first-order valence-corrected chi connectivity index (χ1v) is 7.16. The van der Waals surface area contributed by atoms with Gasteiger partial charge in [0.05, 0.1) is 4.92 Å². The summed E-state index contributed by atoms with van der Waals surface area (Å²) in [6.45, 7) is 3.62. The lowest BCUT2D eigenvalue weighted by molar-refractivity contribution is -0.384. The molecule has 0 aliphatic carbocycles. The van der Waals surface area contributed by atoms with Gasteiger partial charge in [0.25, 0.3) is 11.6 Å². The van der Waals surface area contributed by atoms with E-state index in [0.29, 0.717) is 21.3 Å². The maximum Gasteiger partial charge on any atom is 0.271 e.